The maximum atomic E-state index is 12.5. The van der Waals surface area contributed by atoms with Crippen LogP contribution in [-0.4, -0.2) is 35.8 Å². The van der Waals surface area contributed by atoms with E-state index in [0.717, 1.165) is 31.6 Å². The number of hydrogen-bond donors (Lipinski definition) is 1. The average molecular weight is 298 g/mol. The lowest BCUT2D eigenvalue weighted by molar-refractivity contribution is 0.233. The van der Waals surface area contributed by atoms with Crippen LogP contribution in [0.15, 0.2) is 17.3 Å². The van der Waals surface area contributed by atoms with Gasteiger partial charge < -0.3 is 5.73 Å². The topological polar surface area (TPSA) is 89.2 Å². The Morgan fingerprint density at radius 2 is 1.80 bits per heavy atom. The molecule has 0 unspecified atom stereocenters. The summed E-state index contributed by atoms with van der Waals surface area (Å²) >= 11 is 0. The fraction of sp³-hybridized carbons (Fsp3) is 0.692. The molecule has 6 nitrogen and oxygen atoms in total. The summed E-state index contributed by atoms with van der Waals surface area (Å²) in [4.78, 5) is 7.62. The van der Waals surface area contributed by atoms with Gasteiger partial charge in [0.25, 0.3) is 0 Å². The van der Waals surface area contributed by atoms with Crippen molar-refractivity contribution in [3.63, 3.8) is 0 Å². The predicted octanol–water partition coefficient (Wildman–Crippen LogP) is 1.65. The van der Waals surface area contributed by atoms with Gasteiger partial charge in [0, 0.05) is 13.1 Å². The molecular formula is C13H22N4O2S. The fourth-order valence-corrected chi connectivity index (χ4v) is 4.05. The van der Waals surface area contributed by atoms with E-state index in [9.17, 15) is 8.42 Å². The Kier molecular flexibility index (Phi) is 4.59. The maximum absolute atomic E-state index is 12.5. The maximum Gasteiger partial charge on any atom is 0.246 e. The van der Waals surface area contributed by atoms with Gasteiger partial charge >= 0.3 is 0 Å². The van der Waals surface area contributed by atoms with E-state index in [1.54, 1.807) is 7.05 Å². The molecule has 1 saturated carbocycles. The van der Waals surface area contributed by atoms with E-state index in [0.29, 0.717) is 0 Å². The van der Waals surface area contributed by atoms with Gasteiger partial charge in [-0.1, -0.05) is 13.3 Å². The van der Waals surface area contributed by atoms with Crippen molar-refractivity contribution in [2.45, 2.75) is 50.0 Å². The van der Waals surface area contributed by atoms with E-state index in [1.807, 2.05) is 0 Å². The number of nitrogens with two attached hydrogens (primary N) is 1. The second-order valence-electron chi connectivity index (χ2n) is 5.38. The quantitative estimate of drug-likeness (QED) is 0.913. The second kappa shape index (κ2) is 6.05. The summed E-state index contributed by atoms with van der Waals surface area (Å²) in [6, 6.07) is 0.0698. The molecule has 1 heterocycles. The molecule has 0 amide bonds. The molecule has 0 aromatic carbocycles. The molecule has 20 heavy (non-hydrogen) atoms. The minimum atomic E-state index is -3.53. The largest absolute Gasteiger partial charge is 0.368 e. The normalized spacial score (nSPS) is 23.9. The molecule has 2 N–H and O–H groups in total. The van der Waals surface area contributed by atoms with Crippen molar-refractivity contribution in [1.82, 2.24) is 14.3 Å². The Morgan fingerprint density at radius 3 is 2.30 bits per heavy atom. The van der Waals surface area contributed by atoms with Gasteiger partial charge in [0.05, 0.1) is 12.4 Å². The minimum absolute atomic E-state index is 0.0698. The van der Waals surface area contributed by atoms with Crippen LogP contribution in [0.5, 0.6) is 0 Å². The van der Waals surface area contributed by atoms with Crippen molar-refractivity contribution < 1.29 is 8.42 Å². The van der Waals surface area contributed by atoms with Gasteiger partial charge in [0.1, 0.15) is 4.90 Å². The van der Waals surface area contributed by atoms with Gasteiger partial charge in [-0.25, -0.2) is 18.4 Å². The Bertz CT molecular complexity index is 536. The zero-order chi connectivity index (χ0) is 14.8. The summed E-state index contributed by atoms with van der Waals surface area (Å²) in [6.07, 6.45) is 7.75. The highest BCUT2D eigenvalue weighted by Crippen LogP contribution is 2.31. The third kappa shape index (κ3) is 3.09. The van der Waals surface area contributed by atoms with E-state index in [4.69, 9.17) is 5.73 Å². The van der Waals surface area contributed by atoms with E-state index in [-0.39, 0.29) is 16.9 Å². The van der Waals surface area contributed by atoms with Crippen LogP contribution in [0, 0.1) is 5.92 Å². The van der Waals surface area contributed by atoms with Gasteiger partial charge in [-0.05, 0) is 31.6 Å². The van der Waals surface area contributed by atoms with Crippen LogP contribution in [0.3, 0.4) is 0 Å². The van der Waals surface area contributed by atoms with Crippen molar-refractivity contribution in [1.29, 1.82) is 0 Å². The smallest absolute Gasteiger partial charge is 0.246 e. The third-order valence-corrected chi connectivity index (χ3v) is 6.10. The Hall–Kier alpha value is -1.21. The van der Waals surface area contributed by atoms with Crippen LogP contribution in [0.4, 0.5) is 5.95 Å². The van der Waals surface area contributed by atoms with Crippen molar-refractivity contribution in [3.8, 4) is 0 Å². The fourth-order valence-electron chi connectivity index (χ4n) is 2.74. The van der Waals surface area contributed by atoms with Crippen molar-refractivity contribution >= 4 is 16.0 Å². The van der Waals surface area contributed by atoms with E-state index >= 15 is 0 Å². The molecule has 1 aliphatic rings. The highest BCUT2D eigenvalue weighted by molar-refractivity contribution is 7.89. The molecule has 0 spiro atoms. The van der Waals surface area contributed by atoms with Crippen molar-refractivity contribution in [2.75, 3.05) is 12.8 Å². The van der Waals surface area contributed by atoms with Gasteiger partial charge in [-0.15, -0.1) is 0 Å². The molecule has 0 bridgehead atoms. The first kappa shape index (κ1) is 15.2. The molecule has 7 heteroatoms. The number of hydrogen-bond acceptors (Lipinski definition) is 5. The Balaban J connectivity index is 2.11. The number of rotatable bonds is 4. The Morgan fingerprint density at radius 1 is 1.25 bits per heavy atom. The highest BCUT2D eigenvalue weighted by Gasteiger charge is 2.31. The van der Waals surface area contributed by atoms with Crippen LogP contribution < -0.4 is 5.73 Å². The molecular weight excluding hydrogens is 276 g/mol. The van der Waals surface area contributed by atoms with Gasteiger partial charge in [-0.3, -0.25) is 0 Å². The van der Waals surface area contributed by atoms with Gasteiger partial charge in [0.15, 0.2) is 0 Å². The van der Waals surface area contributed by atoms with E-state index < -0.39 is 10.0 Å². The lowest BCUT2D eigenvalue weighted by atomic mass is 9.85. The summed E-state index contributed by atoms with van der Waals surface area (Å²) in [6.45, 7) is 2.19. The molecule has 1 fully saturated rings. The molecule has 0 aliphatic heterocycles. The Labute approximate surface area is 120 Å². The molecule has 1 aliphatic carbocycles. The van der Waals surface area contributed by atoms with Crippen LogP contribution >= 0.6 is 0 Å². The van der Waals surface area contributed by atoms with E-state index in [2.05, 4.69) is 16.9 Å². The standard InChI is InChI=1S/C13H22N4O2S/c1-3-10-4-6-11(7-5-10)17(2)20(18,19)12-8-15-13(14)16-9-12/h8-11H,3-7H2,1-2H3,(H2,14,15,16). The molecule has 1 aromatic rings. The molecule has 0 radical (unpaired) electrons. The third-order valence-electron chi connectivity index (χ3n) is 4.23. The van der Waals surface area contributed by atoms with Crippen LogP contribution in [0.25, 0.3) is 0 Å². The summed E-state index contributed by atoms with van der Waals surface area (Å²) in [7, 11) is -1.89. The molecule has 112 valence electrons. The van der Waals surface area contributed by atoms with Crippen LogP contribution in [0.2, 0.25) is 0 Å². The first-order chi connectivity index (χ1) is 9.45. The second-order valence-corrected chi connectivity index (χ2v) is 7.38. The SMILES string of the molecule is CCC1CCC(N(C)S(=O)(=O)c2cnc(N)nc2)CC1. The summed E-state index contributed by atoms with van der Waals surface area (Å²) in [5, 5.41) is 0. The minimum Gasteiger partial charge on any atom is -0.368 e. The molecule has 0 atom stereocenters. The van der Waals surface area contributed by atoms with Crippen LogP contribution in [0.1, 0.15) is 39.0 Å². The summed E-state index contributed by atoms with van der Waals surface area (Å²) < 4.78 is 26.5. The lowest BCUT2D eigenvalue weighted by Gasteiger charge is -2.33. The molecule has 0 saturated heterocycles. The highest BCUT2D eigenvalue weighted by atomic mass is 32.2. The van der Waals surface area contributed by atoms with Gasteiger partial charge in [-0.2, -0.15) is 4.31 Å². The van der Waals surface area contributed by atoms with Gasteiger partial charge in [0.2, 0.25) is 16.0 Å². The average Bonchev–Trinajstić information content (AvgIpc) is 2.47. The predicted molar refractivity (Wildman–Crippen MR) is 77.4 cm³/mol. The first-order valence-corrected chi connectivity index (χ1v) is 8.44. The number of aromatic nitrogens is 2. The zero-order valence-corrected chi connectivity index (χ0v) is 12.8. The number of anilines is 1. The zero-order valence-electron chi connectivity index (χ0n) is 12.0. The number of nitrogen functional groups attached to an aromatic ring is 1. The van der Waals surface area contributed by atoms with Crippen molar-refractivity contribution in [3.05, 3.63) is 12.4 Å². The van der Waals surface area contributed by atoms with Crippen LogP contribution in [-0.2, 0) is 10.0 Å². The monoisotopic (exact) mass is 298 g/mol. The number of sulfonamides is 1. The first-order valence-electron chi connectivity index (χ1n) is 7.00. The summed E-state index contributed by atoms with van der Waals surface area (Å²) in [5.41, 5.74) is 5.39. The molecule has 1 aromatic heterocycles. The summed E-state index contributed by atoms with van der Waals surface area (Å²) in [5.74, 6) is 0.817. The van der Waals surface area contributed by atoms with Crippen molar-refractivity contribution in [2.24, 2.45) is 5.92 Å². The van der Waals surface area contributed by atoms with E-state index in [1.165, 1.54) is 23.1 Å². The lowest BCUT2D eigenvalue weighted by Crippen LogP contribution is -2.39. The molecule has 2 rings (SSSR count). The number of nitrogens with zero attached hydrogens (tertiary/aromatic N) is 3.